The van der Waals surface area contributed by atoms with Crippen molar-refractivity contribution in [3.8, 4) is 22.6 Å². The SMILES string of the molecule is COc1ccc(-c2csc3nc(C)cc(NS(=O)(=O)C4CN(C)CN4C)c23)cc1OC. The summed E-state index contributed by atoms with van der Waals surface area (Å²) in [6, 6.07) is 7.45. The van der Waals surface area contributed by atoms with Crippen LogP contribution in [0.25, 0.3) is 21.3 Å². The Morgan fingerprint density at radius 2 is 1.90 bits per heavy atom. The van der Waals surface area contributed by atoms with Crippen LogP contribution in [0.5, 0.6) is 11.5 Å². The number of pyridine rings is 1. The first-order valence-corrected chi connectivity index (χ1v) is 12.2. The largest absolute Gasteiger partial charge is 0.493 e. The standard InChI is InChI=1S/C21H26N4O4S2/c1-13-8-16(23-31(26,27)19-10-24(2)12-25(19)3)20-15(11-30-21(20)22-13)14-6-7-17(28-4)18(9-14)29-5/h6-9,11,19H,10,12H2,1-5H3,(H,22,23). The third-order valence-corrected chi connectivity index (χ3v) is 8.00. The molecule has 1 atom stereocenters. The van der Waals surface area contributed by atoms with E-state index in [0.717, 1.165) is 27.0 Å². The molecule has 3 aromatic rings. The van der Waals surface area contributed by atoms with E-state index in [1.165, 1.54) is 11.3 Å². The van der Waals surface area contributed by atoms with Gasteiger partial charge in [0.05, 0.1) is 26.6 Å². The van der Waals surface area contributed by atoms with Crippen molar-refractivity contribution in [2.24, 2.45) is 0 Å². The lowest BCUT2D eigenvalue weighted by Crippen LogP contribution is -2.38. The van der Waals surface area contributed by atoms with E-state index in [1.54, 1.807) is 20.3 Å². The molecule has 3 heterocycles. The number of rotatable bonds is 6. The molecule has 4 rings (SSSR count). The molecule has 166 valence electrons. The summed E-state index contributed by atoms with van der Waals surface area (Å²) in [5.41, 5.74) is 3.08. The normalized spacial score (nSPS) is 17.9. The van der Waals surface area contributed by atoms with Gasteiger partial charge in [-0.05, 0) is 44.8 Å². The maximum Gasteiger partial charge on any atom is 0.250 e. The second-order valence-corrected chi connectivity index (χ2v) is 10.4. The number of ether oxygens (including phenoxy) is 2. The molecular weight excluding hydrogens is 436 g/mol. The Balaban J connectivity index is 1.81. The Bertz CT molecular complexity index is 1230. The third kappa shape index (κ3) is 4.08. The van der Waals surface area contributed by atoms with E-state index in [2.05, 4.69) is 9.71 Å². The summed E-state index contributed by atoms with van der Waals surface area (Å²) in [7, 11) is 3.28. The Morgan fingerprint density at radius 3 is 2.55 bits per heavy atom. The van der Waals surface area contributed by atoms with Crippen molar-refractivity contribution in [1.29, 1.82) is 0 Å². The minimum absolute atomic E-state index is 0.450. The van der Waals surface area contributed by atoms with Crippen molar-refractivity contribution in [3.05, 3.63) is 35.3 Å². The summed E-state index contributed by atoms with van der Waals surface area (Å²) in [6.45, 7) is 2.92. The van der Waals surface area contributed by atoms with Gasteiger partial charge in [-0.25, -0.2) is 13.4 Å². The maximum absolute atomic E-state index is 13.2. The average Bonchev–Trinajstić information content (AvgIpc) is 3.30. The van der Waals surface area contributed by atoms with Crippen molar-refractivity contribution < 1.29 is 17.9 Å². The van der Waals surface area contributed by atoms with Crippen LogP contribution < -0.4 is 14.2 Å². The number of hydrogen-bond acceptors (Lipinski definition) is 8. The molecule has 0 bridgehead atoms. The molecule has 1 aliphatic heterocycles. The third-order valence-electron chi connectivity index (χ3n) is 5.40. The number of nitrogens with zero attached hydrogens (tertiary/aromatic N) is 3. The average molecular weight is 463 g/mol. The van der Waals surface area contributed by atoms with E-state index in [1.807, 2.05) is 54.4 Å². The minimum Gasteiger partial charge on any atom is -0.493 e. The first kappa shape index (κ1) is 21.8. The highest BCUT2D eigenvalue weighted by Crippen LogP contribution is 2.41. The number of anilines is 1. The van der Waals surface area contributed by atoms with E-state index in [9.17, 15) is 8.42 Å². The highest BCUT2D eigenvalue weighted by molar-refractivity contribution is 7.93. The predicted octanol–water partition coefficient (Wildman–Crippen LogP) is 3.19. The monoisotopic (exact) mass is 462 g/mol. The van der Waals surface area contributed by atoms with Gasteiger partial charge >= 0.3 is 0 Å². The molecule has 0 aliphatic carbocycles. The minimum atomic E-state index is -3.64. The molecule has 2 aromatic heterocycles. The van der Waals surface area contributed by atoms with Crippen molar-refractivity contribution in [1.82, 2.24) is 14.8 Å². The van der Waals surface area contributed by atoms with Gasteiger partial charge in [0.1, 0.15) is 10.2 Å². The highest BCUT2D eigenvalue weighted by Gasteiger charge is 2.36. The predicted molar refractivity (Wildman–Crippen MR) is 124 cm³/mol. The summed E-state index contributed by atoms with van der Waals surface area (Å²) in [6.07, 6.45) is 0. The van der Waals surface area contributed by atoms with Crippen LogP contribution in [0.15, 0.2) is 29.6 Å². The van der Waals surface area contributed by atoms with E-state index in [0.29, 0.717) is 30.4 Å². The van der Waals surface area contributed by atoms with Gasteiger partial charge in [-0.15, -0.1) is 11.3 Å². The Labute approximate surface area is 186 Å². The van der Waals surface area contributed by atoms with E-state index in [-0.39, 0.29) is 0 Å². The first-order chi connectivity index (χ1) is 14.7. The van der Waals surface area contributed by atoms with Gasteiger partial charge in [-0.2, -0.15) is 0 Å². The zero-order chi connectivity index (χ0) is 22.3. The van der Waals surface area contributed by atoms with Gasteiger partial charge in [0.25, 0.3) is 0 Å². The second-order valence-electron chi connectivity index (χ2n) is 7.75. The van der Waals surface area contributed by atoms with Gasteiger partial charge in [0.15, 0.2) is 11.5 Å². The van der Waals surface area contributed by atoms with E-state index in [4.69, 9.17) is 9.47 Å². The number of fused-ring (bicyclic) bond motifs is 1. The number of thiophene rings is 1. The van der Waals surface area contributed by atoms with Crippen molar-refractivity contribution in [2.45, 2.75) is 12.3 Å². The van der Waals surface area contributed by atoms with E-state index >= 15 is 0 Å². The number of methoxy groups -OCH3 is 2. The van der Waals surface area contributed by atoms with E-state index < -0.39 is 15.4 Å². The summed E-state index contributed by atoms with van der Waals surface area (Å²) in [5.74, 6) is 1.24. The van der Waals surface area contributed by atoms with Gasteiger partial charge < -0.3 is 9.47 Å². The van der Waals surface area contributed by atoms with Gasteiger partial charge in [-0.3, -0.25) is 14.5 Å². The first-order valence-electron chi connectivity index (χ1n) is 9.75. The number of aryl methyl sites for hydroxylation is 1. The number of hydrogen-bond donors (Lipinski definition) is 1. The summed E-state index contributed by atoms with van der Waals surface area (Å²) in [5, 5.41) is 2.15. The Kier molecular flexibility index (Phi) is 5.82. The molecular formula is C21H26N4O4S2. The van der Waals surface area contributed by atoms with Crippen LogP contribution in [0.3, 0.4) is 0 Å². The molecule has 1 aromatic carbocycles. The summed E-state index contributed by atoms with van der Waals surface area (Å²) < 4.78 is 40.1. The number of sulfonamides is 1. The van der Waals surface area contributed by atoms with Crippen LogP contribution in [0.1, 0.15) is 5.69 Å². The molecule has 31 heavy (non-hydrogen) atoms. The Morgan fingerprint density at radius 1 is 1.16 bits per heavy atom. The summed E-state index contributed by atoms with van der Waals surface area (Å²) >= 11 is 1.48. The zero-order valence-electron chi connectivity index (χ0n) is 18.2. The molecule has 0 spiro atoms. The lowest BCUT2D eigenvalue weighted by atomic mass is 10.0. The van der Waals surface area contributed by atoms with Crippen LogP contribution in [-0.4, -0.2) is 70.1 Å². The van der Waals surface area contributed by atoms with Crippen molar-refractivity contribution >= 4 is 37.3 Å². The molecule has 1 saturated heterocycles. The van der Waals surface area contributed by atoms with Gasteiger partial charge in [-0.1, -0.05) is 6.07 Å². The highest BCUT2D eigenvalue weighted by atomic mass is 32.2. The van der Waals surface area contributed by atoms with Crippen LogP contribution in [-0.2, 0) is 10.0 Å². The topological polar surface area (TPSA) is 84.0 Å². The van der Waals surface area contributed by atoms with Crippen LogP contribution in [0.2, 0.25) is 0 Å². The molecule has 1 N–H and O–H groups in total. The maximum atomic E-state index is 13.2. The number of aromatic nitrogens is 1. The molecule has 0 amide bonds. The quantitative estimate of drug-likeness (QED) is 0.602. The number of benzene rings is 1. The van der Waals surface area contributed by atoms with Crippen LogP contribution >= 0.6 is 11.3 Å². The smallest absolute Gasteiger partial charge is 0.250 e. The lowest BCUT2D eigenvalue weighted by Gasteiger charge is -2.20. The van der Waals surface area contributed by atoms with Crippen molar-refractivity contribution in [3.63, 3.8) is 0 Å². The molecule has 1 unspecified atom stereocenters. The molecule has 1 aliphatic rings. The van der Waals surface area contributed by atoms with Crippen LogP contribution in [0, 0.1) is 6.92 Å². The second kappa shape index (κ2) is 8.27. The van der Waals surface area contributed by atoms with Crippen LogP contribution in [0.4, 0.5) is 5.69 Å². The van der Waals surface area contributed by atoms with Gasteiger partial charge in [0, 0.05) is 28.6 Å². The molecule has 10 heteroatoms. The fourth-order valence-electron chi connectivity index (χ4n) is 3.95. The number of nitrogens with one attached hydrogen (secondary N) is 1. The molecule has 0 saturated carbocycles. The van der Waals surface area contributed by atoms with Gasteiger partial charge in [0.2, 0.25) is 10.0 Å². The Hall–Kier alpha value is -2.40. The number of likely N-dealkylation sites (N-methyl/N-ethyl adjacent to an activating group) is 2. The fourth-order valence-corrected chi connectivity index (χ4v) is 6.57. The molecule has 0 radical (unpaired) electrons. The lowest BCUT2D eigenvalue weighted by molar-refractivity contribution is 0.309. The fraction of sp³-hybridized carbons (Fsp3) is 0.381. The summed E-state index contributed by atoms with van der Waals surface area (Å²) in [4.78, 5) is 9.21. The zero-order valence-corrected chi connectivity index (χ0v) is 19.8. The molecule has 1 fully saturated rings. The molecule has 8 nitrogen and oxygen atoms in total. The van der Waals surface area contributed by atoms with Crippen molar-refractivity contribution in [2.75, 3.05) is 46.3 Å².